The Morgan fingerprint density at radius 3 is 2.29 bits per heavy atom. The molecule has 1 rings (SSSR count). The lowest BCUT2D eigenvalue weighted by Gasteiger charge is -2.41. The Kier molecular flexibility index (Phi) is 4.77. The van der Waals surface area contributed by atoms with Crippen molar-refractivity contribution >= 4 is 5.78 Å². The summed E-state index contributed by atoms with van der Waals surface area (Å²) in [7, 11) is 1.67. The molecular weight excluding hydrogens is 212 g/mol. The van der Waals surface area contributed by atoms with Crippen LogP contribution in [0.2, 0.25) is 0 Å². The molecule has 17 heavy (non-hydrogen) atoms. The molecule has 0 aliphatic heterocycles. The summed E-state index contributed by atoms with van der Waals surface area (Å²) in [5.74, 6) is 6.01. The first-order valence-corrected chi connectivity index (χ1v) is 6.44. The molecule has 0 atom stereocenters. The molecular formula is C15H24O2. The van der Waals surface area contributed by atoms with E-state index in [1.54, 1.807) is 14.0 Å². The van der Waals surface area contributed by atoms with Crippen molar-refractivity contribution in [3.05, 3.63) is 0 Å². The van der Waals surface area contributed by atoms with Gasteiger partial charge < -0.3 is 4.74 Å². The minimum atomic E-state index is -0.523. The van der Waals surface area contributed by atoms with E-state index in [1.165, 1.54) is 0 Å². The Hall–Kier alpha value is -0.810. The molecule has 0 aromatic carbocycles. The second-order valence-corrected chi connectivity index (χ2v) is 5.71. The standard InChI is InChI=1S/C15H24O2/c1-5-6-7-8-13(16)15(17-4)11-9-14(2,3)10-12-15/h7-12H2,1-4H3. The van der Waals surface area contributed by atoms with Gasteiger partial charge in [-0.15, -0.1) is 11.8 Å². The van der Waals surface area contributed by atoms with Crippen molar-refractivity contribution in [1.29, 1.82) is 0 Å². The van der Waals surface area contributed by atoms with Crippen molar-refractivity contribution in [2.75, 3.05) is 7.11 Å². The normalized spacial score (nSPS) is 21.4. The molecule has 1 aliphatic rings. The summed E-state index contributed by atoms with van der Waals surface area (Å²) in [5, 5.41) is 0. The molecule has 0 bridgehead atoms. The summed E-state index contributed by atoms with van der Waals surface area (Å²) in [4.78, 5) is 12.2. The molecule has 96 valence electrons. The van der Waals surface area contributed by atoms with Crippen LogP contribution in [0.15, 0.2) is 0 Å². The van der Waals surface area contributed by atoms with E-state index in [0.717, 1.165) is 25.7 Å². The van der Waals surface area contributed by atoms with Gasteiger partial charge >= 0.3 is 0 Å². The fourth-order valence-corrected chi connectivity index (χ4v) is 2.46. The third-order valence-electron chi connectivity index (χ3n) is 3.96. The maximum Gasteiger partial charge on any atom is 0.165 e. The second kappa shape index (κ2) is 5.69. The predicted molar refractivity (Wildman–Crippen MR) is 69.7 cm³/mol. The highest BCUT2D eigenvalue weighted by atomic mass is 16.5. The van der Waals surface area contributed by atoms with Crippen LogP contribution in [0.3, 0.4) is 0 Å². The third kappa shape index (κ3) is 3.57. The molecule has 0 spiro atoms. The summed E-state index contributed by atoms with van der Waals surface area (Å²) < 4.78 is 5.57. The van der Waals surface area contributed by atoms with Crippen molar-refractivity contribution in [2.45, 2.75) is 64.9 Å². The highest BCUT2D eigenvalue weighted by Gasteiger charge is 2.43. The highest BCUT2D eigenvalue weighted by molar-refractivity contribution is 5.87. The zero-order valence-corrected chi connectivity index (χ0v) is 11.6. The SMILES string of the molecule is CC#CCCC(=O)C1(OC)CCC(C)(C)CC1. The maximum atomic E-state index is 12.2. The van der Waals surface area contributed by atoms with Crippen LogP contribution >= 0.6 is 0 Å². The topological polar surface area (TPSA) is 26.3 Å². The van der Waals surface area contributed by atoms with E-state index in [-0.39, 0.29) is 5.78 Å². The van der Waals surface area contributed by atoms with E-state index >= 15 is 0 Å². The van der Waals surface area contributed by atoms with Gasteiger partial charge in [0, 0.05) is 20.0 Å². The zero-order valence-electron chi connectivity index (χ0n) is 11.6. The van der Waals surface area contributed by atoms with Gasteiger partial charge in [0.15, 0.2) is 5.78 Å². The van der Waals surface area contributed by atoms with Crippen molar-refractivity contribution in [3.63, 3.8) is 0 Å². The van der Waals surface area contributed by atoms with Gasteiger partial charge in [-0.05, 0) is 38.0 Å². The van der Waals surface area contributed by atoms with Gasteiger partial charge in [0.25, 0.3) is 0 Å². The zero-order chi connectivity index (χ0) is 12.9. The number of rotatable bonds is 4. The van der Waals surface area contributed by atoms with Crippen LogP contribution in [0.5, 0.6) is 0 Å². The van der Waals surface area contributed by atoms with E-state index in [2.05, 4.69) is 25.7 Å². The Morgan fingerprint density at radius 1 is 1.24 bits per heavy atom. The van der Waals surface area contributed by atoms with Crippen molar-refractivity contribution < 1.29 is 9.53 Å². The lowest BCUT2D eigenvalue weighted by molar-refractivity contribution is -0.147. The molecule has 0 heterocycles. The number of carbonyl (C=O) groups excluding carboxylic acids is 1. The van der Waals surface area contributed by atoms with Crippen LogP contribution in [0.4, 0.5) is 0 Å². The third-order valence-corrected chi connectivity index (χ3v) is 3.96. The van der Waals surface area contributed by atoms with Gasteiger partial charge in [-0.2, -0.15) is 0 Å². The average molecular weight is 236 g/mol. The molecule has 0 aromatic rings. The highest BCUT2D eigenvalue weighted by Crippen LogP contribution is 2.42. The van der Waals surface area contributed by atoms with Crippen molar-refractivity contribution in [1.82, 2.24) is 0 Å². The molecule has 2 heteroatoms. The number of methoxy groups -OCH3 is 1. The molecule has 1 aliphatic carbocycles. The lowest BCUT2D eigenvalue weighted by atomic mass is 9.69. The number of hydrogen-bond donors (Lipinski definition) is 0. The summed E-state index contributed by atoms with van der Waals surface area (Å²) in [6, 6.07) is 0. The van der Waals surface area contributed by atoms with E-state index in [1.807, 2.05) is 0 Å². The maximum absolute atomic E-state index is 12.2. The van der Waals surface area contributed by atoms with Crippen LogP contribution in [0.1, 0.15) is 59.3 Å². The minimum absolute atomic E-state index is 0.234. The van der Waals surface area contributed by atoms with Crippen LogP contribution in [-0.4, -0.2) is 18.5 Å². The fourth-order valence-electron chi connectivity index (χ4n) is 2.46. The smallest absolute Gasteiger partial charge is 0.165 e. The van der Waals surface area contributed by atoms with E-state index in [4.69, 9.17) is 4.74 Å². The molecule has 1 fully saturated rings. The number of ether oxygens (including phenoxy) is 1. The first-order valence-electron chi connectivity index (χ1n) is 6.44. The Bertz CT molecular complexity index is 321. The minimum Gasteiger partial charge on any atom is -0.370 e. The molecule has 2 nitrogen and oxygen atoms in total. The molecule has 0 N–H and O–H groups in total. The van der Waals surface area contributed by atoms with E-state index < -0.39 is 5.60 Å². The first-order chi connectivity index (χ1) is 7.96. The van der Waals surface area contributed by atoms with Crippen molar-refractivity contribution in [2.24, 2.45) is 5.41 Å². The molecule has 0 aromatic heterocycles. The Balaban J connectivity index is 2.62. The fraction of sp³-hybridized carbons (Fsp3) is 0.800. The summed E-state index contributed by atoms with van der Waals surface area (Å²) in [6.07, 6.45) is 5.01. The molecule has 1 saturated carbocycles. The van der Waals surface area contributed by atoms with Crippen LogP contribution < -0.4 is 0 Å². The van der Waals surface area contributed by atoms with Crippen LogP contribution in [-0.2, 0) is 9.53 Å². The number of ketones is 1. The van der Waals surface area contributed by atoms with Gasteiger partial charge in [0.05, 0.1) is 0 Å². The molecule has 0 saturated heterocycles. The summed E-state index contributed by atoms with van der Waals surface area (Å²) in [5.41, 5.74) is -0.170. The molecule has 0 radical (unpaired) electrons. The van der Waals surface area contributed by atoms with Gasteiger partial charge in [-0.3, -0.25) is 4.79 Å². The first kappa shape index (κ1) is 14.3. The van der Waals surface area contributed by atoms with Gasteiger partial charge in [0.1, 0.15) is 5.60 Å². The second-order valence-electron chi connectivity index (χ2n) is 5.71. The number of carbonyl (C=O) groups is 1. The largest absolute Gasteiger partial charge is 0.370 e. The average Bonchev–Trinajstić information content (AvgIpc) is 2.30. The quantitative estimate of drug-likeness (QED) is 0.700. The van der Waals surface area contributed by atoms with Gasteiger partial charge in [-0.1, -0.05) is 13.8 Å². The van der Waals surface area contributed by atoms with Crippen LogP contribution in [0, 0.1) is 17.3 Å². The van der Waals surface area contributed by atoms with Gasteiger partial charge in [-0.25, -0.2) is 0 Å². The summed E-state index contributed by atoms with van der Waals surface area (Å²) in [6.45, 7) is 6.33. The van der Waals surface area contributed by atoms with Crippen molar-refractivity contribution in [3.8, 4) is 11.8 Å². The van der Waals surface area contributed by atoms with Gasteiger partial charge in [0.2, 0.25) is 0 Å². The lowest BCUT2D eigenvalue weighted by Crippen LogP contribution is -2.45. The number of hydrogen-bond acceptors (Lipinski definition) is 2. The number of Topliss-reactive ketones (excluding diaryl/α,β-unsaturated/α-hetero) is 1. The summed E-state index contributed by atoms with van der Waals surface area (Å²) >= 11 is 0. The van der Waals surface area contributed by atoms with E-state index in [0.29, 0.717) is 18.3 Å². The molecule has 0 amide bonds. The monoisotopic (exact) mass is 236 g/mol. The Morgan fingerprint density at radius 2 is 1.82 bits per heavy atom. The van der Waals surface area contributed by atoms with Crippen LogP contribution in [0.25, 0.3) is 0 Å². The predicted octanol–water partition coefficient (Wildman–Crippen LogP) is 3.34. The Labute approximate surface area is 105 Å². The van der Waals surface area contributed by atoms with E-state index in [9.17, 15) is 4.79 Å². The molecule has 0 unspecified atom stereocenters.